The first-order valence-electron chi connectivity index (χ1n) is 8.16. The smallest absolute Gasteiger partial charge is 0.226 e. The molecule has 0 saturated carbocycles. The SMILES string of the molecule is COc1ccc(NC(N)=NCCc2coc(-c3ccc(F)cc3)n2)cc1Cl.I. The Morgan fingerprint density at radius 2 is 2.04 bits per heavy atom. The molecule has 1 heterocycles. The Morgan fingerprint density at radius 3 is 2.71 bits per heavy atom. The Kier molecular flexibility index (Phi) is 8.06. The summed E-state index contributed by atoms with van der Waals surface area (Å²) >= 11 is 6.07. The average molecular weight is 517 g/mol. The van der Waals surface area contributed by atoms with Crippen LogP contribution >= 0.6 is 35.6 Å². The molecule has 148 valence electrons. The lowest BCUT2D eigenvalue weighted by atomic mass is 10.2. The van der Waals surface area contributed by atoms with E-state index < -0.39 is 0 Å². The van der Waals surface area contributed by atoms with E-state index in [0.29, 0.717) is 40.9 Å². The van der Waals surface area contributed by atoms with Gasteiger partial charge >= 0.3 is 0 Å². The Hall–Kier alpha value is -2.33. The zero-order valence-corrected chi connectivity index (χ0v) is 18.1. The molecule has 3 N–H and O–H groups in total. The number of ether oxygens (including phenoxy) is 1. The minimum atomic E-state index is -0.305. The van der Waals surface area contributed by atoms with Gasteiger partial charge in [0, 0.05) is 24.2 Å². The zero-order valence-electron chi connectivity index (χ0n) is 15.0. The van der Waals surface area contributed by atoms with Crippen LogP contribution in [0.15, 0.2) is 58.1 Å². The largest absolute Gasteiger partial charge is 0.495 e. The highest BCUT2D eigenvalue weighted by molar-refractivity contribution is 14.0. The molecule has 0 atom stereocenters. The van der Waals surface area contributed by atoms with Gasteiger partial charge in [-0.15, -0.1) is 24.0 Å². The number of halogens is 3. The number of guanidine groups is 1. The second-order valence-electron chi connectivity index (χ2n) is 5.64. The third kappa shape index (κ3) is 5.83. The fraction of sp³-hybridized carbons (Fsp3) is 0.158. The van der Waals surface area contributed by atoms with Crippen LogP contribution in [0.1, 0.15) is 5.69 Å². The Morgan fingerprint density at radius 1 is 1.29 bits per heavy atom. The summed E-state index contributed by atoms with van der Waals surface area (Å²) in [5, 5.41) is 3.44. The van der Waals surface area contributed by atoms with E-state index in [1.54, 1.807) is 43.7 Å². The Balaban J connectivity index is 0.00000280. The first kappa shape index (κ1) is 22.0. The number of nitrogens with one attached hydrogen (secondary N) is 1. The summed E-state index contributed by atoms with van der Waals surface area (Å²) in [6.07, 6.45) is 2.11. The minimum absolute atomic E-state index is 0. The summed E-state index contributed by atoms with van der Waals surface area (Å²) in [6.45, 7) is 0.429. The van der Waals surface area contributed by atoms with E-state index in [9.17, 15) is 4.39 Å². The van der Waals surface area contributed by atoms with Gasteiger partial charge in [-0.1, -0.05) is 11.6 Å². The van der Waals surface area contributed by atoms with E-state index in [-0.39, 0.29) is 35.8 Å². The van der Waals surface area contributed by atoms with Gasteiger partial charge in [0.2, 0.25) is 5.89 Å². The Labute approximate surface area is 184 Å². The lowest BCUT2D eigenvalue weighted by Gasteiger charge is -2.08. The quantitative estimate of drug-likeness (QED) is 0.281. The molecule has 0 aliphatic carbocycles. The van der Waals surface area contributed by atoms with Crippen LogP contribution in [0.25, 0.3) is 11.5 Å². The van der Waals surface area contributed by atoms with Gasteiger partial charge in [0.15, 0.2) is 5.96 Å². The topological polar surface area (TPSA) is 85.7 Å². The number of aromatic nitrogens is 1. The third-order valence-electron chi connectivity index (χ3n) is 3.72. The number of methoxy groups -OCH3 is 1. The van der Waals surface area contributed by atoms with E-state index in [0.717, 1.165) is 5.69 Å². The van der Waals surface area contributed by atoms with Crippen LogP contribution in [0.4, 0.5) is 10.1 Å². The second-order valence-corrected chi connectivity index (χ2v) is 6.05. The highest BCUT2D eigenvalue weighted by Gasteiger charge is 2.07. The van der Waals surface area contributed by atoms with Crippen LogP contribution in [0.3, 0.4) is 0 Å². The molecular weight excluding hydrogens is 498 g/mol. The molecule has 2 aromatic carbocycles. The molecule has 0 bridgehead atoms. The summed E-state index contributed by atoms with van der Waals surface area (Å²) in [5.74, 6) is 0.980. The number of benzene rings is 2. The minimum Gasteiger partial charge on any atom is -0.495 e. The normalized spacial score (nSPS) is 11.0. The Bertz CT molecular complexity index is 947. The zero-order chi connectivity index (χ0) is 19.2. The van der Waals surface area contributed by atoms with E-state index in [2.05, 4.69) is 15.3 Å². The number of hydrogen-bond donors (Lipinski definition) is 2. The van der Waals surface area contributed by atoms with Gasteiger partial charge < -0.3 is 20.2 Å². The molecular formula is C19H19ClFIN4O2. The number of anilines is 1. The van der Waals surface area contributed by atoms with Crippen molar-refractivity contribution in [2.24, 2.45) is 10.7 Å². The van der Waals surface area contributed by atoms with Crippen LogP contribution in [-0.4, -0.2) is 24.6 Å². The number of aliphatic imine (C=N–C) groups is 1. The maximum absolute atomic E-state index is 13.0. The number of nitrogens with zero attached hydrogens (tertiary/aromatic N) is 2. The monoisotopic (exact) mass is 516 g/mol. The van der Waals surface area contributed by atoms with Crippen LogP contribution < -0.4 is 15.8 Å². The fourth-order valence-electron chi connectivity index (χ4n) is 2.37. The molecule has 3 rings (SSSR count). The predicted molar refractivity (Wildman–Crippen MR) is 119 cm³/mol. The number of oxazole rings is 1. The van der Waals surface area contributed by atoms with Gasteiger partial charge in [-0.25, -0.2) is 9.37 Å². The highest BCUT2D eigenvalue weighted by atomic mass is 127. The molecule has 0 unspecified atom stereocenters. The van der Waals surface area contributed by atoms with Crippen molar-refractivity contribution in [1.82, 2.24) is 4.98 Å². The van der Waals surface area contributed by atoms with Gasteiger partial charge in [0.25, 0.3) is 0 Å². The van der Waals surface area contributed by atoms with Crippen molar-refractivity contribution < 1.29 is 13.5 Å². The molecule has 6 nitrogen and oxygen atoms in total. The van der Waals surface area contributed by atoms with Crippen molar-refractivity contribution in [3.05, 3.63) is 65.3 Å². The molecule has 0 spiro atoms. The van der Waals surface area contributed by atoms with Crippen molar-refractivity contribution in [3.8, 4) is 17.2 Å². The summed E-state index contributed by atoms with van der Waals surface area (Å²) in [6, 6.07) is 11.2. The molecule has 0 fully saturated rings. The van der Waals surface area contributed by atoms with Gasteiger partial charge in [-0.05, 0) is 42.5 Å². The van der Waals surface area contributed by atoms with Crippen LogP contribution in [0, 0.1) is 5.82 Å². The molecule has 0 amide bonds. The molecule has 9 heteroatoms. The average Bonchev–Trinajstić information content (AvgIpc) is 3.11. The lowest BCUT2D eigenvalue weighted by molar-refractivity contribution is 0.415. The van der Waals surface area contributed by atoms with Gasteiger partial charge in [-0.3, -0.25) is 4.99 Å². The summed E-state index contributed by atoms with van der Waals surface area (Å²) in [4.78, 5) is 8.63. The van der Waals surface area contributed by atoms with Crippen molar-refractivity contribution in [1.29, 1.82) is 0 Å². The number of nitrogens with two attached hydrogens (primary N) is 1. The summed E-state index contributed by atoms with van der Waals surface area (Å²) < 4.78 is 23.5. The molecule has 0 saturated heterocycles. The molecule has 1 aromatic heterocycles. The van der Waals surface area contributed by atoms with Gasteiger partial charge in [0.1, 0.15) is 17.8 Å². The van der Waals surface area contributed by atoms with E-state index in [1.807, 2.05) is 0 Å². The van der Waals surface area contributed by atoms with Gasteiger partial charge in [0.05, 0.1) is 17.8 Å². The summed E-state index contributed by atoms with van der Waals surface area (Å²) in [5.41, 5.74) is 8.04. The maximum Gasteiger partial charge on any atom is 0.226 e. The molecule has 28 heavy (non-hydrogen) atoms. The van der Waals surface area contributed by atoms with E-state index >= 15 is 0 Å². The van der Waals surface area contributed by atoms with Crippen molar-refractivity contribution in [2.45, 2.75) is 6.42 Å². The lowest BCUT2D eigenvalue weighted by Crippen LogP contribution is -2.23. The molecule has 3 aromatic rings. The van der Waals surface area contributed by atoms with Crippen molar-refractivity contribution in [2.75, 3.05) is 19.0 Å². The van der Waals surface area contributed by atoms with E-state index in [4.69, 9.17) is 26.5 Å². The first-order valence-corrected chi connectivity index (χ1v) is 8.54. The maximum atomic E-state index is 13.0. The van der Waals surface area contributed by atoms with Crippen LogP contribution in [0.2, 0.25) is 5.02 Å². The van der Waals surface area contributed by atoms with Crippen molar-refractivity contribution >= 4 is 47.2 Å². The third-order valence-corrected chi connectivity index (χ3v) is 4.01. The first-order chi connectivity index (χ1) is 13.0. The standard InChI is InChI=1S/C19H18ClFN4O2.HI/c1-26-17-7-6-14(10-16(17)20)25-19(22)23-9-8-15-11-27-18(24-15)12-2-4-13(21)5-3-12;/h2-7,10-11H,8-9H2,1H3,(H3,22,23,25);1H. The predicted octanol–water partition coefficient (Wildman–Crippen LogP) is 4.73. The number of hydrogen-bond acceptors (Lipinski definition) is 4. The molecule has 0 aliphatic heterocycles. The highest BCUT2D eigenvalue weighted by Crippen LogP contribution is 2.27. The summed E-state index contributed by atoms with van der Waals surface area (Å²) in [7, 11) is 1.55. The molecule has 0 radical (unpaired) electrons. The molecule has 0 aliphatic rings. The second kappa shape index (κ2) is 10.3. The van der Waals surface area contributed by atoms with Crippen LogP contribution in [-0.2, 0) is 6.42 Å². The number of rotatable bonds is 6. The fourth-order valence-corrected chi connectivity index (χ4v) is 2.63. The van der Waals surface area contributed by atoms with Gasteiger partial charge in [-0.2, -0.15) is 0 Å². The van der Waals surface area contributed by atoms with E-state index in [1.165, 1.54) is 12.1 Å². The van der Waals surface area contributed by atoms with Crippen molar-refractivity contribution in [3.63, 3.8) is 0 Å². The van der Waals surface area contributed by atoms with Crippen LogP contribution in [0.5, 0.6) is 5.75 Å².